The Hall–Kier alpha value is -1.40. The Morgan fingerprint density at radius 3 is 2.74 bits per heavy atom. The SMILES string of the molecule is Cc1csc(S(=O)(=O)N(CC2CC2)c2ccc3c(c2)CCC3)n1. The van der Waals surface area contributed by atoms with Crippen LogP contribution in [0, 0.1) is 12.8 Å². The van der Waals surface area contributed by atoms with Crippen LogP contribution >= 0.6 is 11.3 Å². The highest BCUT2D eigenvalue weighted by atomic mass is 32.2. The first kappa shape index (κ1) is 15.1. The molecule has 2 aromatic rings. The van der Waals surface area contributed by atoms with Crippen LogP contribution in [-0.2, 0) is 22.9 Å². The molecule has 1 saturated carbocycles. The Bertz CT molecular complexity index is 838. The van der Waals surface area contributed by atoms with E-state index in [9.17, 15) is 8.42 Å². The van der Waals surface area contributed by atoms with Gasteiger partial charge in [-0.25, -0.2) is 4.98 Å². The van der Waals surface area contributed by atoms with Crippen molar-refractivity contribution < 1.29 is 8.42 Å². The second-order valence-corrected chi connectivity index (χ2v) is 9.44. The number of fused-ring (bicyclic) bond motifs is 1. The number of sulfonamides is 1. The lowest BCUT2D eigenvalue weighted by molar-refractivity contribution is 0.587. The van der Waals surface area contributed by atoms with Gasteiger partial charge in [0.2, 0.25) is 4.34 Å². The number of aryl methyl sites for hydroxylation is 3. The zero-order valence-electron chi connectivity index (χ0n) is 13.2. The van der Waals surface area contributed by atoms with E-state index in [-0.39, 0.29) is 4.34 Å². The fourth-order valence-electron chi connectivity index (χ4n) is 3.14. The maximum atomic E-state index is 13.1. The first-order valence-electron chi connectivity index (χ1n) is 8.11. The molecule has 1 aromatic carbocycles. The predicted octanol–water partition coefficient (Wildman–Crippen LogP) is 3.55. The molecule has 4 nitrogen and oxygen atoms in total. The van der Waals surface area contributed by atoms with Gasteiger partial charge in [0.15, 0.2) is 0 Å². The second-order valence-electron chi connectivity index (χ2n) is 6.54. The van der Waals surface area contributed by atoms with E-state index in [1.165, 1.54) is 28.9 Å². The molecule has 0 unspecified atom stereocenters. The van der Waals surface area contributed by atoms with Gasteiger partial charge in [-0.3, -0.25) is 4.31 Å². The number of nitrogens with zero attached hydrogens (tertiary/aromatic N) is 2. The van der Waals surface area contributed by atoms with Gasteiger partial charge in [0.1, 0.15) is 0 Å². The maximum Gasteiger partial charge on any atom is 0.291 e. The summed E-state index contributed by atoms with van der Waals surface area (Å²) in [5, 5.41) is 1.80. The number of rotatable bonds is 5. The summed E-state index contributed by atoms with van der Waals surface area (Å²) in [4.78, 5) is 4.22. The van der Waals surface area contributed by atoms with Gasteiger partial charge in [0, 0.05) is 17.6 Å². The molecule has 0 N–H and O–H groups in total. The van der Waals surface area contributed by atoms with Crippen molar-refractivity contribution in [1.82, 2.24) is 4.98 Å². The van der Waals surface area contributed by atoms with Crippen LogP contribution in [0.15, 0.2) is 27.9 Å². The summed E-state index contributed by atoms with van der Waals surface area (Å²) in [6.07, 6.45) is 5.56. The molecule has 0 aliphatic heterocycles. The quantitative estimate of drug-likeness (QED) is 0.830. The summed E-state index contributed by atoms with van der Waals surface area (Å²) in [7, 11) is -3.57. The summed E-state index contributed by atoms with van der Waals surface area (Å²) < 4.78 is 28.0. The Kier molecular flexibility index (Phi) is 3.69. The third-order valence-electron chi connectivity index (χ3n) is 4.60. The number of hydrogen-bond donors (Lipinski definition) is 0. The molecule has 0 bridgehead atoms. The molecule has 23 heavy (non-hydrogen) atoms. The van der Waals surface area contributed by atoms with Crippen molar-refractivity contribution in [2.24, 2.45) is 5.92 Å². The van der Waals surface area contributed by atoms with Gasteiger partial charge in [-0.2, -0.15) is 8.42 Å². The second kappa shape index (κ2) is 5.60. The highest BCUT2D eigenvalue weighted by molar-refractivity contribution is 7.94. The summed E-state index contributed by atoms with van der Waals surface area (Å²) in [6, 6.07) is 6.13. The van der Waals surface area contributed by atoms with Gasteiger partial charge in [0.25, 0.3) is 10.0 Å². The van der Waals surface area contributed by atoms with Crippen LogP contribution in [0.4, 0.5) is 5.69 Å². The predicted molar refractivity (Wildman–Crippen MR) is 92.6 cm³/mol. The molecular weight excluding hydrogens is 328 g/mol. The number of hydrogen-bond acceptors (Lipinski definition) is 4. The lowest BCUT2D eigenvalue weighted by Gasteiger charge is -2.24. The Morgan fingerprint density at radius 1 is 1.26 bits per heavy atom. The van der Waals surface area contributed by atoms with Crippen LogP contribution in [0.3, 0.4) is 0 Å². The average molecular weight is 348 g/mol. The first-order chi connectivity index (χ1) is 11.0. The summed E-state index contributed by atoms with van der Waals surface area (Å²) in [5.74, 6) is 0.485. The monoisotopic (exact) mass is 348 g/mol. The fourth-order valence-corrected chi connectivity index (χ4v) is 5.80. The first-order valence-corrected chi connectivity index (χ1v) is 10.4. The molecule has 1 aromatic heterocycles. The van der Waals surface area contributed by atoms with Crippen molar-refractivity contribution in [3.05, 3.63) is 40.4 Å². The van der Waals surface area contributed by atoms with Crippen LogP contribution in [0.1, 0.15) is 36.1 Å². The molecule has 122 valence electrons. The van der Waals surface area contributed by atoms with E-state index in [2.05, 4.69) is 17.1 Å². The zero-order chi connectivity index (χ0) is 16.0. The van der Waals surface area contributed by atoms with E-state index < -0.39 is 10.0 Å². The zero-order valence-corrected chi connectivity index (χ0v) is 14.8. The minimum atomic E-state index is -3.57. The third kappa shape index (κ3) is 2.90. The van der Waals surface area contributed by atoms with Gasteiger partial charge < -0.3 is 0 Å². The van der Waals surface area contributed by atoms with Crippen molar-refractivity contribution >= 4 is 27.0 Å². The molecule has 0 amide bonds. The van der Waals surface area contributed by atoms with E-state index in [1.807, 2.05) is 13.0 Å². The molecule has 0 radical (unpaired) electrons. The van der Waals surface area contributed by atoms with Crippen molar-refractivity contribution in [3.8, 4) is 0 Å². The molecule has 0 atom stereocenters. The standard InChI is InChI=1S/C17H20N2O2S2/c1-12-11-22-17(18-12)23(20,21)19(10-13-5-6-13)16-8-7-14-3-2-4-15(14)9-16/h7-9,11,13H,2-6,10H2,1H3. The normalized spacial score (nSPS) is 17.3. The molecule has 1 heterocycles. The largest absolute Gasteiger partial charge is 0.291 e. The van der Waals surface area contributed by atoms with Crippen molar-refractivity contribution in [2.45, 2.75) is 43.4 Å². The van der Waals surface area contributed by atoms with Crippen molar-refractivity contribution in [3.63, 3.8) is 0 Å². The van der Waals surface area contributed by atoms with Gasteiger partial charge in [-0.1, -0.05) is 6.07 Å². The van der Waals surface area contributed by atoms with Crippen molar-refractivity contribution in [2.75, 3.05) is 10.8 Å². The Morgan fingerprint density at radius 2 is 2.04 bits per heavy atom. The summed E-state index contributed by atoms with van der Waals surface area (Å²) >= 11 is 1.21. The van der Waals surface area contributed by atoms with Crippen LogP contribution in [-0.4, -0.2) is 19.9 Å². The lowest BCUT2D eigenvalue weighted by atomic mass is 10.1. The van der Waals surface area contributed by atoms with Crippen LogP contribution in [0.25, 0.3) is 0 Å². The van der Waals surface area contributed by atoms with Gasteiger partial charge in [0.05, 0.1) is 5.69 Å². The number of aromatic nitrogens is 1. The molecular formula is C17H20N2O2S2. The molecule has 2 aliphatic rings. The van der Waals surface area contributed by atoms with Gasteiger partial charge >= 0.3 is 0 Å². The van der Waals surface area contributed by atoms with E-state index in [0.29, 0.717) is 12.5 Å². The molecule has 0 spiro atoms. The highest BCUT2D eigenvalue weighted by Gasteiger charge is 2.34. The summed E-state index contributed by atoms with van der Waals surface area (Å²) in [5.41, 5.74) is 4.22. The molecule has 2 aliphatic carbocycles. The average Bonchev–Trinajstić information content (AvgIpc) is 3.03. The fraction of sp³-hybridized carbons (Fsp3) is 0.471. The molecule has 4 rings (SSSR count). The lowest BCUT2D eigenvalue weighted by Crippen LogP contribution is -2.33. The van der Waals surface area contributed by atoms with Gasteiger partial charge in [-0.05, 0) is 68.2 Å². The minimum absolute atomic E-state index is 0.205. The number of benzene rings is 1. The molecule has 1 fully saturated rings. The molecule has 6 heteroatoms. The Balaban J connectivity index is 1.75. The smallest absolute Gasteiger partial charge is 0.264 e. The van der Waals surface area contributed by atoms with E-state index in [0.717, 1.165) is 37.1 Å². The highest BCUT2D eigenvalue weighted by Crippen LogP contribution is 2.36. The van der Waals surface area contributed by atoms with Crippen molar-refractivity contribution in [1.29, 1.82) is 0 Å². The topological polar surface area (TPSA) is 50.3 Å². The maximum absolute atomic E-state index is 13.1. The van der Waals surface area contributed by atoms with Crippen LogP contribution in [0.2, 0.25) is 0 Å². The van der Waals surface area contributed by atoms with Gasteiger partial charge in [-0.15, -0.1) is 11.3 Å². The molecule has 0 saturated heterocycles. The van der Waals surface area contributed by atoms with E-state index >= 15 is 0 Å². The van der Waals surface area contributed by atoms with E-state index in [1.54, 1.807) is 9.69 Å². The number of anilines is 1. The minimum Gasteiger partial charge on any atom is -0.264 e. The number of thiazole rings is 1. The van der Waals surface area contributed by atoms with E-state index in [4.69, 9.17) is 0 Å². The Labute approximate surface area is 141 Å². The van der Waals surface area contributed by atoms with Crippen LogP contribution in [0.5, 0.6) is 0 Å². The van der Waals surface area contributed by atoms with Crippen LogP contribution < -0.4 is 4.31 Å². The summed E-state index contributed by atoms with van der Waals surface area (Å²) in [6.45, 7) is 2.40. The third-order valence-corrected chi connectivity index (χ3v) is 7.74.